The number of ether oxygens (including phenoxy) is 1. The minimum Gasteiger partial charge on any atom is -0.488 e. The lowest BCUT2D eigenvalue weighted by Gasteiger charge is -2.08. The number of hydrogen-bond donors (Lipinski definition) is 2. The quantitative estimate of drug-likeness (QED) is 0.485. The maximum atomic E-state index is 11.7. The van der Waals surface area contributed by atoms with E-state index in [-0.39, 0.29) is 17.5 Å². The minimum absolute atomic E-state index is 0.253. The summed E-state index contributed by atoms with van der Waals surface area (Å²) >= 11 is 4.54. The average Bonchev–Trinajstić information content (AvgIpc) is 3.00. The third kappa shape index (κ3) is 5.67. The highest BCUT2D eigenvalue weighted by Crippen LogP contribution is 2.26. The molecule has 0 aromatic heterocycles. The van der Waals surface area contributed by atoms with Gasteiger partial charge in [-0.05, 0) is 45.3 Å². The molecule has 0 saturated carbocycles. The van der Waals surface area contributed by atoms with E-state index in [1.807, 2.05) is 48.5 Å². The third-order valence-corrected chi connectivity index (χ3v) is 5.38. The number of rotatable bonds is 7. The topological polar surface area (TPSA) is 100 Å². The van der Waals surface area contributed by atoms with Gasteiger partial charge < -0.3 is 15.2 Å². The molecule has 2 N–H and O–H groups in total. The van der Waals surface area contributed by atoms with Gasteiger partial charge in [0, 0.05) is 0 Å². The molecule has 1 amide bonds. The summed E-state index contributed by atoms with van der Waals surface area (Å²) in [5.74, 6) is -0.691. The molecule has 1 aliphatic heterocycles. The van der Waals surface area contributed by atoms with Crippen LogP contribution in [-0.4, -0.2) is 33.6 Å². The Morgan fingerprint density at radius 3 is 2.79 bits per heavy atom. The van der Waals surface area contributed by atoms with Crippen molar-refractivity contribution in [1.82, 2.24) is 5.32 Å². The number of carboxylic acids is 1. The van der Waals surface area contributed by atoms with Crippen molar-refractivity contribution in [3.05, 3.63) is 64.1 Å². The van der Waals surface area contributed by atoms with Crippen LogP contribution in [0.2, 0.25) is 0 Å². The number of amidine groups is 1. The zero-order valence-electron chi connectivity index (χ0n) is 14.5. The zero-order chi connectivity index (χ0) is 19.9. The van der Waals surface area contributed by atoms with Crippen LogP contribution in [0.5, 0.6) is 5.75 Å². The first kappa shape index (κ1) is 20.1. The molecule has 1 atom stereocenters. The van der Waals surface area contributed by atoms with Crippen molar-refractivity contribution in [2.45, 2.75) is 18.3 Å². The standard InChI is InChI=1S/C19H16BrN3O4S/c20-14-8-13(6-7-15(14)27-11-12-4-2-1-3-5-12)10-21-23-19-22-18(26)16(28-19)9-17(24)25/h1-8,10,16H,9,11H2,(H,24,25)(H,22,23,26)/b21-10+. The highest BCUT2D eigenvalue weighted by molar-refractivity contribution is 9.10. The van der Waals surface area contributed by atoms with E-state index in [1.54, 1.807) is 0 Å². The van der Waals surface area contributed by atoms with Crippen LogP contribution in [0.1, 0.15) is 17.5 Å². The Morgan fingerprint density at radius 1 is 1.29 bits per heavy atom. The summed E-state index contributed by atoms with van der Waals surface area (Å²) in [6.07, 6.45) is 1.28. The van der Waals surface area contributed by atoms with Crippen LogP contribution in [0, 0.1) is 0 Å². The molecule has 0 aliphatic carbocycles. The Hall–Kier alpha value is -2.65. The van der Waals surface area contributed by atoms with Crippen LogP contribution in [0.25, 0.3) is 0 Å². The summed E-state index contributed by atoms with van der Waals surface area (Å²) < 4.78 is 6.58. The Kier molecular flexibility index (Phi) is 6.83. The van der Waals surface area contributed by atoms with Gasteiger partial charge in [0.2, 0.25) is 5.91 Å². The van der Waals surface area contributed by atoms with E-state index >= 15 is 0 Å². The Labute approximate surface area is 174 Å². The SMILES string of the molecule is O=C(O)CC1S/C(=N/N=C/c2ccc(OCc3ccccc3)c(Br)c2)NC1=O. The molecule has 0 radical (unpaired) electrons. The third-order valence-electron chi connectivity index (χ3n) is 3.68. The second-order valence-electron chi connectivity index (χ2n) is 5.81. The number of carboxylic acid groups (broad SMARTS) is 1. The molecule has 1 unspecified atom stereocenters. The monoisotopic (exact) mass is 461 g/mol. The van der Waals surface area contributed by atoms with Crippen LogP contribution < -0.4 is 10.1 Å². The fourth-order valence-corrected chi connectivity index (χ4v) is 3.77. The summed E-state index contributed by atoms with van der Waals surface area (Å²) in [5, 5.41) is 18.8. The maximum Gasteiger partial charge on any atom is 0.305 e. The smallest absolute Gasteiger partial charge is 0.305 e. The molecule has 1 aliphatic rings. The Morgan fingerprint density at radius 2 is 2.07 bits per heavy atom. The molecular weight excluding hydrogens is 446 g/mol. The largest absolute Gasteiger partial charge is 0.488 e. The van der Waals surface area contributed by atoms with Gasteiger partial charge in [0.25, 0.3) is 0 Å². The lowest BCUT2D eigenvalue weighted by atomic mass is 10.2. The first-order valence-electron chi connectivity index (χ1n) is 8.28. The number of aliphatic carboxylic acids is 1. The molecule has 144 valence electrons. The predicted octanol–water partition coefficient (Wildman–Crippen LogP) is 3.42. The van der Waals surface area contributed by atoms with Gasteiger partial charge in [-0.2, -0.15) is 5.10 Å². The van der Waals surface area contributed by atoms with Gasteiger partial charge in [0.05, 0.1) is 17.1 Å². The van der Waals surface area contributed by atoms with Crippen LogP contribution in [0.3, 0.4) is 0 Å². The highest BCUT2D eigenvalue weighted by atomic mass is 79.9. The Bertz CT molecular complexity index is 934. The molecule has 1 heterocycles. The van der Waals surface area contributed by atoms with Crippen LogP contribution in [0.15, 0.2) is 63.2 Å². The first-order chi connectivity index (χ1) is 13.5. The number of amides is 1. The molecule has 9 heteroatoms. The van der Waals surface area contributed by atoms with E-state index in [0.717, 1.165) is 27.4 Å². The fraction of sp³-hybridized carbons (Fsp3) is 0.158. The van der Waals surface area contributed by atoms with Crippen molar-refractivity contribution in [1.29, 1.82) is 0 Å². The molecule has 7 nitrogen and oxygen atoms in total. The molecule has 3 rings (SSSR count). The molecule has 0 spiro atoms. The second kappa shape index (κ2) is 9.52. The lowest BCUT2D eigenvalue weighted by Crippen LogP contribution is -2.26. The number of nitrogens with zero attached hydrogens (tertiary/aromatic N) is 2. The van der Waals surface area contributed by atoms with Gasteiger partial charge in [-0.1, -0.05) is 42.1 Å². The Balaban J connectivity index is 1.58. The summed E-state index contributed by atoms with van der Waals surface area (Å²) in [5.41, 5.74) is 1.87. The van der Waals surface area contributed by atoms with Crippen LogP contribution >= 0.6 is 27.7 Å². The van der Waals surface area contributed by atoms with Gasteiger partial charge in [-0.15, -0.1) is 5.10 Å². The number of carbonyl (C=O) groups is 2. The molecule has 2 aromatic carbocycles. The molecule has 1 saturated heterocycles. The number of thioether (sulfide) groups is 1. The lowest BCUT2D eigenvalue weighted by molar-refractivity contribution is -0.138. The van der Waals surface area contributed by atoms with Crippen molar-refractivity contribution >= 4 is 51.0 Å². The van der Waals surface area contributed by atoms with E-state index in [9.17, 15) is 9.59 Å². The minimum atomic E-state index is -1.03. The number of halogens is 1. The maximum absolute atomic E-state index is 11.7. The van der Waals surface area contributed by atoms with Crippen molar-refractivity contribution in [2.75, 3.05) is 0 Å². The number of carbonyl (C=O) groups excluding carboxylic acids is 1. The molecule has 1 fully saturated rings. The van der Waals surface area contributed by atoms with Gasteiger partial charge in [-0.3, -0.25) is 9.59 Å². The van der Waals surface area contributed by atoms with E-state index in [2.05, 4.69) is 31.4 Å². The van der Waals surface area contributed by atoms with E-state index < -0.39 is 11.2 Å². The van der Waals surface area contributed by atoms with Crippen molar-refractivity contribution in [2.24, 2.45) is 10.2 Å². The van der Waals surface area contributed by atoms with Crippen molar-refractivity contribution in [3.63, 3.8) is 0 Å². The van der Waals surface area contributed by atoms with E-state index in [0.29, 0.717) is 12.4 Å². The second-order valence-corrected chi connectivity index (χ2v) is 7.85. The number of hydrogen-bond acceptors (Lipinski definition) is 6. The normalized spacial score (nSPS) is 17.8. The van der Waals surface area contributed by atoms with Crippen molar-refractivity contribution < 1.29 is 19.4 Å². The fourth-order valence-electron chi connectivity index (χ4n) is 2.34. The first-order valence-corrected chi connectivity index (χ1v) is 9.95. The van der Waals surface area contributed by atoms with E-state index in [1.165, 1.54) is 6.21 Å². The summed E-state index contributed by atoms with van der Waals surface area (Å²) in [6, 6.07) is 15.4. The molecule has 28 heavy (non-hydrogen) atoms. The summed E-state index contributed by atoms with van der Waals surface area (Å²) in [4.78, 5) is 22.4. The summed E-state index contributed by atoms with van der Waals surface area (Å²) in [6.45, 7) is 0.467. The highest BCUT2D eigenvalue weighted by Gasteiger charge is 2.32. The van der Waals surface area contributed by atoms with Gasteiger partial charge in [0.1, 0.15) is 17.6 Å². The van der Waals surface area contributed by atoms with E-state index in [4.69, 9.17) is 9.84 Å². The van der Waals surface area contributed by atoms with Gasteiger partial charge in [-0.25, -0.2) is 0 Å². The molecular formula is C19H16BrN3O4S. The average molecular weight is 462 g/mol. The summed E-state index contributed by atoms with van der Waals surface area (Å²) in [7, 11) is 0. The van der Waals surface area contributed by atoms with Crippen LogP contribution in [-0.2, 0) is 16.2 Å². The van der Waals surface area contributed by atoms with Crippen molar-refractivity contribution in [3.8, 4) is 5.75 Å². The molecule has 2 aromatic rings. The zero-order valence-corrected chi connectivity index (χ0v) is 16.9. The number of benzene rings is 2. The van der Waals surface area contributed by atoms with Gasteiger partial charge >= 0.3 is 5.97 Å². The predicted molar refractivity (Wildman–Crippen MR) is 112 cm³/mol. The van der Waals surface area contributed by atoms with Gasteiger partial charge in [0.15, 0.2) is 5.17 Å². The number of nitrogens with one attached hydrogen (secondary N) is 1. The van der Waals surface area contributed by atoms with Crippen LogP contribution in [0.4, 0.5) is 0 Å². The molecule has 0 bridgehead atoms.